The summed E-state index contributed by atoms with van der Waals surface area (Å²) in [5.41, 5.74) is 0. The SMILES string of the molecule is CS(=O)(=O)C1CSCCN1CCNC(C1CC1)C1CC1. The average molecular weight is 319 g/mol. The van der Waals surface area contributed by atoms with Crippen LogP contribution in [-0.4, -0.2) is 62.1 Å². The van der Waals surface area contributed by atoms with Gasteiger partial charge in [-0.3, -0.25) is 4.90 Å². The van der Waals surface area contributed by atoms with Crippen molar-refractivity contribution in [3.8, 4) is 0 Å². The molecule has 6 heteroatoms. The topological polar surface area (TPSA) is 49.4 Å². The van der Waals surface area contributed by atoms with Crippen molar-refractivity contribution in [2.24, 2.45) is 11.8 Å². The second kappa shape index (κ2) is 6.15. The lowest BCUT2D eigenvalue weighted by molar-refractivity contribution is 0.260. The summed E-state index contributed by atoms with van der Waals surface area (Å²) >= 11 is 1.76. The van der Waals surface area contributed by atoms with Crippen LogP contribution in [0.3, 0.4) is 0 Å². The van der Waals surface area contributed by atoms with Crippen molar-refractivity contribution in [3.63, 3.8) is 0 Å². The smallest absolute Gasteiger partial charge is 0.164 e. The van der Waals surface area contributed by atoms with Crippen LogP contribution in [0.1, 0.15) is 25.7 Å². The summed E-state index contributed by atoms with van der Waals surface area (Å²) in [6.45, 7) is 2.71. The molecular formula is C14H26N2O2S2. The lowest BCUT2D eigenvalue weighted by Gasteiger charge is -2.34. The van der Waals surface area contributed by atoms with E-state index in [9.17, 15) is 8.42 Å². The standard InChI is InChI=1S/C14H26N2O2S2/c1-20(17,18)13-10-19-9-8-16(13)7-6-15-14(11-2-3-11)12-4-5-12/h11-15H,2-10H2,1H3. The number of sulfone groups is 1. The lowest BCUT2D eigenvalue weighted by Crippen LogP contribution is -2.50. The molecule has 3 fully saturated rings. The fraction of sp³-hybridized carbons (Fsp3) is 1.00. The Hall–Kier alpha value is 0.220. The van der Waals surface area contributed by atoms with Gasteiger partial charge in [-0.05, 0) is 37.5 Å². The summed E-state index contributed by atoms with van der Waals surface area (Å²) in [5, 5.41) is 3.44. The van der Waals surface area contributed by atoms with E-state index in [0.29, 0.717) is 6.04 Å². The zero-order valence-corrected chi connectivity index (χ0v) is 13.9. The van der Waals surface area contributed by atoms with E-state index in [4.69, 9.17) is 0 Å². The van der Waals surface area contributed by atoms with Gasteiger partial charge in [0.25, 0.3) is 0 Å². The molecule has 3 aliphatic rings. The van der Waals surface area contributed by atoms with E-state index in [-0.39, 0.29) is 5.37 Å². The zero-order chi connectivity index (χ0) is 14.2. The number of thioether (sulfide) groups is 1. The summed E-state index contributed by atoms with van der Waals surface area (Å²) in [6, 6.07) is 0.714. The Bertz CT molecular complexity index is 420. The molecule has 0 aromatic heterocycles. The van der Waals surface area contributed by atoms with E-state index in [0.717, 1.165) is 43.0 Å². The summed E-state index contributed by atoms with van der Waals surface area (Å²) in [7, 11) is -2.96. The van der Waals surface area contributed by atoms with Gasteiger partial charge in [-0.15, -0.1) is 0 Å². The molecule has 0 amide bonds. The highest BCUT2D eigenvalue weighted by atomic mass is 32.2. The van der Waals surface area contributed by atoms with Crippen molar-refractivity contribution >= 4 is 21.6 Å². The number of nitrogens with zero attached hydrogens (tertiary/aromatic N) is 1. The molecule has 0 spiro atoms. The van der Waals surface area contributed by atoms with E-state index in [2.05, 4.69) is 10.2 Å². The molecule has 4 nitrogen and oxygen atoms in total. The second-order valence-corrected chi connectivity index (χ2v) is 9.90. The van der Waals surface area contributed by atoms with Crippen molar-refractivity contribution in [1.29, 1.82) is 0 Å². The molecule has 2 saturated carbocycles. The maximum Gasteiger partial charge on any atom is 0.164 e. The van der Waals surface area contributed by atoms with Gasteiger partial charge >= 0.3 is 0 Å². The van der Waals surface area contributed by atoms with Crippen LogP contribution in [0.4, 0.5) is 0 Å². The van der Waals surface area contributed by atoms with E-state index in [1.807, 2.05) is 0 Å². The molecule has 1 saturated heterocycles. The minimum atomic E-state index is -2.96. The highest BCUT2D eigenvalue weighted by Crippen LogP contribution is 2.44. The van der Waals surface area contributed by atoms with Crippen LogP contribution in [0.25, 0.3) is 0 Å². The molecule has 3 rings (SSSR count). The van der Waals surface area contributed by atoms with Gasteiger partial charge in [0.15, 0.2) is 9.84 Å². The quantitative estimate of drug-likeness (QED) is 0.764. The summed E-state index contributed by atoms with van der Waals surface area (Å²) in [4.78, 5) is 2.16. The number of hydrogen-bond acceptors (Lipinski definition) is 5. The summed E-state index contributed by atoms with van der Waals surface area (Å²) in [6.07, 6.45) is 6.93. The van der Waals surface area contributed by atoms with Gasteiger partial charge in [0.2, 0.25) is 0 Å². The van der Waals surface area contributed by atoms with Crippen LogP contribution in [0.2, 0.25) is 0 Å². The van der Waals surface area contributed by atoms with Gasteiger partial charge < -0.3 is 5.32 Å². The van der Waals surface area contributed by atoms with E-state index >= 15 is 0 Å². The van der Waals surface area contributed by atoms with Crippen LogP contribution in [0.5, 0.6) is 0 Å². The van der Waals surface area contributed by atoms with Crippen molar-refractivity contribution < 1.29 is 8.42 Å². The highest BCUT2D eigenvalue weighted by molar-refractivity contribution is 8.00. The molecule has 0 aromatic rings. The Labute approximate surface area is 127 Å². The van der Waals surface area contributed by atoms with Gasteiger partial charge in [0, 0.05) is 43.4 Å². The van der Waals surface area contributed by atoms with Gasteiger partial charge in [-0.1, -0.05) is 0 Å². The maximum atomic E-state index is 11.9. The first-order chi connectivity index (χ1) is 9.55. The Morgan fingerprint density at radius 2 is 1.90 bits per heavy atom. The predicted octanol–water partition coefficient (Wildman–Crippen LogP) is 1.18. The number of rotatable bonds is 7. The fourth-order valence-electron chi connectivity index (χ4n) is 3.27. The maximum absolute atomic E-state index is 11.9. The Kier molecular flexibility index (Phi) is 4.65. The van der Waals surface area contributed by atoms with Gasteiger partial charge in [-0.25, -0.2) is 8.42 Å². The minimum absolute atomic E-state index is 0.275. The second-order valence-electron chi connectivity index (χ2n) is 6.55. The Morgan fingerprint density at radius 3 is 2.45 bits per heavy atom. The van der Waals surface area contributed by atoms with E-state index in [1.165, 1.54) is 31.9 Å². The Morgan fingerprint density at radius 1 is 1.25 bits per heavy atom. The summed E-state index contributed by atoms with van der Waals surface area (Å²) in [5.74, 6) is 3.60. The largest absolute Gasteiger partial charge is 0.312 e. The van der Waals surface area contributed by atoms with Crippen LogP contribution < -0.4 is 5.32 Å². The third-order valence-corrected chi connectivity index (χ3v) is 7.41. The molecule has 1 aliphatic heterocycles. The Balaban J connectivity index is 1.48. The first-order valence-corrected chi connectivity index (χ1v) is 10.9. The van der Waals surface area contributed by atoms with Crippen molar-refractivity contribution in [1.82, 2.24) is 10.2 Å². The third-order valence-electron chi connectivity index (χ3n) is 4.72. The van der Waals surface area contributed by atoms with Crippen LogP contribution >= 0.6 is 11.8 Å². The normalized spacial score (nSPS) is 29.0. The molecule has 1 N–H and O–H groups in total. The summed E-state index contributed by atoms with van der Waals surface area (Å²) < 4.78 is 23.7. The van der Waals surface area contributed by atoms with Crippen LogP contribution in [-0.2, 0) is 9.84 Å². The van der Waals surface area contributed by atoms with E-state index < -0.39 is 9.84 Å². The first kappa shape index (κ1) is 15.1. The van der Waals surface area contributed by atoms with Gasteiger partial charge in [-0.2, -0.15) is 11.8 Å². The molecule has 0 bridgehead atoms. The molecule has 2 aliphatic carbocycles. The monoisotopic (exact) mass is 318 g/mol. The zero-order valence-electron chi connectivity index (χ0n) is 12.3. The first-order valence-electron chi connectivity index (χ1n) is 7.80. The fourth-order valence-corrected chi connectivity index (χ4v) is 6.24. The van der Waals surface area contributed by atoms with Crippen molar-refractivity contribution in [3.05, 3.63) is 0 Å². The lowest BCUT2D eigenvalue weighted by atomic mass is 10.1. The third kappa shape index (κ3) is 3.90. The van der Waals surface area contributed by atoms with E-state index in [1.54, 1.807) is 11.8 Å². The van der Waals surface area contributed by atoms with Crippen molar-refractivity contribution in [2.75, 3.05) is 37.4 Å². The molecule has 1 atom stereocenters. The van der Waals surface area contributed by atoms with Crippen molar-refractivity contribution in [2.45, 2.75) is 37.1 Å². The number of hydrogen-bond donors (Lipinski definition) is 1. The molecule has 1 unspecified atom stereocenters. The molecular weight excluding hydrogens is 292 g/mol. The molecule has 116 valence electrons. The predicted molar refractivity (Wildman–Crippen MR) is 84.8 cm³/mol. The molecule has 20 heavy (non-hydrogen) atoms. The number of nitrogens with one attached hydrogen (secondary N) is 1. The highest BCUT2D eigenvalue weighted by Gasteiger charge is 2.41. The van der Waals surface area contributed by atoms with Crippen LogP contribution in [0.15, 0.2) is 0 Å². The van der Waals surface area contributed by atoms with Crippen LogP contribution in [0, 0.1) is 11.8 Å². The molecule has 0 radical (unpaired) electrons. The minimum Gasteiger partial charge on any atom is -0.312 e. The molecule has 1 heterocycles. The van der Waals surface area contributed by atoms with Gasteiger partial charge in [0.1, 0.15) is 5.37 Å². The molecule has 0 aromatic carbocycles. The average Bonchev–Trinajstić information content (AvgIpc) is 3.27. The van der Waals surface area contributed by atoms with Gasteiger partial charge in [0.05, 0.1) is 0 Å².